The van der Waals surface area contributed by atoms with Crippen LogP contribution in [-0.2, 0) is 9.53 Å². The fourth-order valence-corrected chi connectivity index (χ4v) is 4.64. The van der Waals surface area contributed by atoms with Crippen molar-refractivity contribution >= 4 is 18.3 Å². The van der Waals surface area contributed by atoms with E-state index in [1.54, 1.807) is 0 Å². The fourth-order valence-electron chi connectivity index (χ4n) is 4.64. The summed E-state index contributed by atoms with van der Waals surface area (Å²) in [4.78, 5) is 17.7. The van der Waals surface area contributed by atoms with Crippen LogP contribution in [0.25, 0.3) is 0 Å². The smallest absolute Gasteiger partial charge is 0.226 e. The molecule has 3 heterocycles. The molecule has 3 unspecified atom stereocenters. The molecule has 0 saturated carbocycles. The van der Waals surface area contributed by atoms with Gasteiger partial charge in [0.15, 0.2) is 0 Å². The predicted molar refractivity (Wildman–Crippen MR) is 98.6 cm³/mol. The van der Waals surface area contributed by atoms with E-state index >= 15 is 0 Å². The van der Waals surface area contributed by atoms with Crippen molar-refractivity contribution in [1.29, 1.82) is 0 Å². The molecule has 3 rings (SSSR count). The molecule has 0 aromatic heterocycles. The van der Waals surface area contributed by atoms with Crippen molar-refractivity contribution in [2.75, 3.05) is 32.7 Å². The molecule has 0 bridgehead atoms. The zero-order valence-corrected chi connectivity index (χ0v) is 16.2. The highest BCUT2D eigenvalue weighted by Gasteiger charge is 2.36. The average Bonchev–Trinajstić information content (AvgIpc) is 2.93. The third-order valence-electron chi connectivity index (χ3n) is 5.60. The number of halogens is 1. The minimum absolute atomic E-state index is 0. The number of ether oxygens (including phenoxy) is 1. The summed E-state index contributed by atoms with van der Waals surface area (Å²) >= 11 is 0. The zero-order chi connectivity index (χ0) is 16.4. The van der Waals surface area contributed by atoms with Crippen LogP contribution in [0.1, 0.15) is 46.5 Å². The summed E-state index contributed by atoms with van der Waals surface area (Å²) in [6.45, 7) is 11.4. The highest BCUT2D eigenvalue weighted by atomic mass is 35.5. The molecule has 5 nitrogen and oxygen atoms in total. The van der Waals surface area contributed by atoms with E-state index in [-0.39, 0.29) is 18.3 Å². The van der Waals surface area contributed by atoms with Crippen LogP contribution in [0.15, 0.2) is 0 Å². The van der Waals surface area contributed by atoms with Crippen LogP contribution in [0, 0.1) is 5.92 Å². The van der Waals surface area contributed by atoms with Gasteiger partial charge in [0.1, 0.15) is 0 Å². The number of hydrogen-bond donors (Lipinski definition) is 1. The van der Waals surface area contributed by atoms with Gasteiger partial charge in [0.25, 0.3) is 0 Å². The standard InChI is InChI=1S/C18H33N3O2.ClH/c1-13-9-16(6-7-19-13)18(22)21-8-4-5-17(21)12-20-10-14(2)23-15(3)11-20;/h13-17,19H,4-12H2,1-3H3;1H/t13-,14?,15?,16-,17?;/m0./s1. The summed E-state index contributed by atoms with van der Waals surface area (Å²) in [6, 6.07) is 0.880. The minimum atomic E-state index is 0. The van der Waals surface area contributed by atoms with Crippen molar-refractivity contribution in [2.24, 2.45) is 5.92 Å². The molecule has 3 aliphatic rings. The lowest BCUT2D eigenvalue weighted by Crippen LogP contribution is -2.52. The Morgan fingerprint density at radius 3 is 2.54 bits per heavy atom. The van der Waals surface area contributed by atoms with E-state index in [2.05, 4.69) is 35.9 Å². The Kier molecular flexibility index (Phi) is 7.35. The molecule has 24 heavy (non-hydrogen) atoms. The molecule has 140 valence electrons. The highest BCUT2D eigenvalue weighted by Crippen LogP contribution is 2.26. The van der Waals surface area contributed by atoms with Crippen molar-refractivity contribution in [1.82, 2.24) is 15.1 Å². The van der Waals surface area contributed by atoms with E-state index in [1.807, 2.05) is 0 Å². The lowest BCUT2D eigenvalue weighted by molar-refractivity contribution is -0.138. The lowest BCUT2D eigenvalue weighted by atomic mass is 9.91. The molecule has 0 aliphatic carbocycles. The number of amides is 1. The number of piperidine rings is 1. The summed E-state index contributed by atoms with van der Waals surface area (Å²) in [7, 11) is 0. The second-order valence-corrected chi connectivity index (χ2v) is 7.88. The number of hydrogen-bond acceptors (Lipinski definition) is 4. The maximum absolute atomic E-state index is 13.0. The molecule has 0 spiro atoms. The number of nitrogens with one attached hydrogen (secondary N) is 1. The van der Waals surface area contributed by atoms with Crippen molar-refractivity contribution in [3.63, 3.8) is 0 Å². The van der Waals surface area contributed by atoms with Gasteiger partial charge in [-0.1, -0.05) is 0 Å². The molecular weight excluding hydrogens is 326 g/mol. The van der Waals surface area contributed by atoms with Crippen LogP contribution in [0.4, 0.5) is 0 Å². The van der Waals surface area contributed by atoms with E-state index < -0.39 is 0 Å². The Morgan fingerprint density at radius 2 is 1.88 bits per heavy atom. The monoisotopic (exact) mass is 359 g/mol. The molecule has 5 atom stereocenters. The highest BCUT2D eigenvalue weighted by molar-refractivity contribution is 5.85. The summed E-state index contributed by atoms with van der Waals surface area (Å²) in [6.07, 6.45) is 4.91. The number of morpholine rings is 1. The molecule has 1 N–H and O–H groups in total. The quantitative estimate of drug-likeness (QED) is 0.835. The van der Waals surface area contributed by atoms with E-state index in [4.69, 9.17) is 4.74 Å². The van der Waals surface area contributed by atoms with Crippen LogP contribution >= 0.6 is 12.4 Å². The van der Waals surface area contributed by atoms with Gasteiger partial charge in [0.2, 0.25) is 5.91 Å². The van der Waals surface area contributed by atoms with E-state index in [1.165, 1.54) is 0 Å². The molecule has 6 heteroatoms. The first-order valence-corrected chi connectivity index (χ1v) is 9.44. The van der Waals surface area contributed by atoms with E-state index in [0.717, 1.165) is 58.4 Å². The first kappa shape index (κ1) is 20.0. The number of rotatable bonds is 3. The Labute approximate surface area is 152 Å². The molecule has 3 aliphatic heterocycles. The molecule has 0 aromatic carbocycles. The van der Waals surface area contributed by atoms with E-state index in [0.29, 0.717) is 30.2 Å². The largest absolute Gasteiger partial charge is 0.373 e. The molecule has 0 radical (unpaired) electrons. The van der Waals surface area contributed by atoms with Crippen LogP contribution in [0.3, 0.4) is 0 Å². The Balaban J connectivity index is 0.00000208. The number of likely N-dealkylation sites (tertiary alicyclic amines) is 1. The zero-order valence-electron chi connectivity index (χ0n) is 15.4. The number of nitrogens with zero attached hydrogens (tertiary/aromatic N) is 2. The van der Waals surface area contributed by atoms with Gasteiger partial charge in [0.05, 0.1) is 12.2 Å². The van der Waals surface area contributed by atoms with Crippen LogP contribution in [0.5, 0.6) is 0 Å². The summed E-state index contributed by atoms with van der Waals surface area (Å²) < 4.78 is 5.83. The topological polar surface area (TPSA) is 44.8 Å². The first-order valence-electron chi connectivity index (χ1n) is 9.44. The Bertz CT molecular complexity index is 413. The van der Waals surface area contributed by atoms with Gasteiger partial charge in [-0.25, -0.2) is 0 Å². The molecule has 3 saturated heterocycles. The third-order valence-corrected chi connectivity index (χ3v) is 5.60. The van der Waals surface area contributed by atoms with Crippen LogP contribution in [-0.4, -0.2) is 72.7 Å². The van der Waals surface area contributed by atoms with Crippen molar-refractivity contribution in [3.8, 4) is 0 Å². The fraction of sp³-hybridized carbons (Fsp3) is 0.944. The Morgan fingerprint density at radius 1 is 1.17 bits per heavy atom. The lowest BCUT2D eigenvalue weighted by Gasteiger charge is -2.39. The second-order valence-electron chi connectivity index (χ2n) is 7.88. The van der Waals surface area contributed by atoms with Crippen LogP contribution < -0.4 is 5.32 Å². The maximum atomic E-state index is 13.0. The minimum Gasteiger partial charge on any atom is -0.373 e. The van der Waals surface area contributed by atoms with Crippen molar-refractivity contribution in [2.45, 2.75) is 70.7 Å². The second kappa shape index (κ2) is 8.84. The summed E-state index contributed by atoms with van der Waals surface area (Å²) in [5, 5.41) is 3.45. The van der Waals surface area contributed by atoms with Gasteiger partial charge in [-0.3, -0.25) is 9.69 Å². The summed E-state index contributed by atoms with van der Waals surface area (Å²) in [5.74, 6) is 0.643. The summed E-state index contributed by atoms with van der Waals surface area (Å²) in [5.41, 5.74) is 0. The van der Waals surface area contributed by atoms with Gasteiger partial charge < -0.3 is 15.0 Å². The van der Waals surface area contributed by atoms with Gasteiger partial charge in [0, 0.05) is 44.2 Å². The maximum Gasteiger partial charge on any atom is 0.226 e. The number of carbonyl (C=O) groups is 1. The average molecular weight is 360 g/mol. The van der Waals surface area contributed by atoms with Gasteiger partial charge >= 0.3 is 0 Å². The van der Waals surface area contributed by atoms with Crippen molar-refractivity contribution < 1.29 is 9.53 Å². The molecule has 3 fully saturated rings. The van der Waals surface area contributed by atoms with Crippen molar-refractivity contribution in [3.05, 3.63) is 0 Å². The molecular formula is C18H34ClN3O2. The Hall–Kier alpha value is -0.360. The normalized spacial score (nSPS) is 38.0. The van der Waals surface area contributed by atoms with Gasteiger partial charge in [-0.05, 0) is 53.0 Å². The SMILES string of the molecule is CC1CN(CC2CCCN2C(=O)[C@H]2CCN[C@@H](C)C2)CC(C)O1.Cl. The first-order chi connectivity index (χ1) is 11.0. The van der Waals surface area contributed by atoms with E-state index in [9.17, 15) is 4.79 Å². The number of carbonyl (C=O) groups excluding carboxylic acids is 1. The predicted octanol–water partition coefficient (Wildman–Crippen LogP) is 1.90. The third kappa shape index (κ3) is 4.84. The molecule has 1 amide bonds. The molecule has 0 aromatic rings. The van der Waals surface area contributed by atoms with Gasteiger partial charge in [-0.2, -0.15) is 0 Å². The van der Waals surface area contributed by atoms with Gasteiger partial charge in [-0.15, -0.1) is 12.4 Å². The van der Waals surface area contributed by atoms with Crippen LogP contribution in [0.2, 0.25) is 0 Å².